The van der Waals surface area contributed by atoms with Crippen molar-refractivity contribution >= 4 is 28.8 Å². The zero-order chi connectivity index (χ0) is 13.8. The van der Waals surface area contributed by atoms with E-state index in [9.17, 15) is 4.79 Å². The average Bonchev–Trinajstić information content (AvgIpc) is 2.74. The molecule has 5 heteroatoms. The van der Waals surface area contributed by atoms with Crippen molar-refractivity contribution in [1.29, 1.82) is 0 Å². The summed E-state index contributed by atoms with van der Waals surface area (Å²) in [5, 5.41) is 3.66. The number of hydrogen-bond donors (Lipinski definition) is 0. The van der Waals surface area contributed by atoms with Gasteiger partial charge < -0.3 is 4.90 Å². The summed E-state index contributed by atoms with van der Waals surface area (Å²) < 4.78 is 0. The van der Waals surface area contributed by atoms with E-state index in [4.69, 9.17) is 11.6 Å². The van der Waals surface area contributed by atoms with Gasteiger partial charge in [-0.25, -0.2) is 4.98 Å². The van der Waals surface area contributed by atoms with E-state index in [2.05, 4.69) is 4.98 Å². The minimum Gasteiger partial charge on any atom is -0.340 e. The van der Waals surface area contributed by atoms with Crippen LogP contribution in [0.25, 0.3) is 0 Å². The fraction of sp³-hybridized carbons (Fsp3) is 0.286. The largest absolute Gasteiger partial charge is 0.340 e. The third-order valence-electron chi connectivity index (χ3n) is 2.74. The predicted molar refractivity (Wildman–Crippen MR) is 78.5 cm³/mol. The van der Waals surface area contributed by atoms with Crippen molar-refractivity contribution in [1.82, 2.24) is 9.88 Å². The van der Waals surface area contributed by atoms with Crippen LogP contribution in [0.2, 0.25) is 5.02 Å². The average molecular weight is 295 g/mol. The molecule has 0 aliphatic heterocycles. The lowest BCUT2D eigenvalue weighted by molar-refractivity contribution is -0.129. The van der Waals surface area contributed by atoms with Gasteiger partial charge in [0, 0.05) is 17.5 Å². The molecule has 1 heterocycles. The number of nitrogens with zero attached hydrogens (tertiary/aromatic N) is 2. The second kappa shape index (κ2) is 6.17. The second-order valence-electron chi connectivity index (χ2n) is 4.41. The van der Waals surface area contributed by atoms with Gasteiger partial charge in [0.15, 0.2) is 0 Å². The van der Waals surface area contributed by atoms with Gasteiger partial charge >= 0.3 is 0 Å². The first-order valence-corrected chi connectivity index (χ1v) is 7.20. The number of amides is 1. The minimum absolute atomic E-state index is 0.0629. The predicted octanol–water partition coefficient (Wildman–Crippen LogP) is 3.31. The van der Waals surface area contributed by atoms with Gasteiger partial charge in [-0.15, -0.1) is 11.3 Å². The maximum atomic E-state index is 12.1. The third-order valence-corrected chi connectivity index (χ3v) is 3.79. The lowest BCUT2D eigenvalue weighted by Gasteiger charge is -2.16. The van der Waals surface area contributed by atoms with Crippen molar-refractivity contribution in [2.24, 2.45) is 0 Å². The van der Waals surface area contributed by atoms with Gasteiger partial charge in [0.2, 0.25) is 5.91 Å². The molecule has 0 saturated carbocycles. The number of carbonyl (C=O) groups is 1. The molecule has 2 rings (SSSR count). The van der Waals surface area contributed by atoms with Gasteiger partial charge in [-0.05, 0) is 24.6 Å². The van der Waals surface area contributed by atoms with Crippen molar-refractivity contribution in [3.63, 3.8) is 0 Å². The summed E-state index contributed by atoms with van der Waals surface area (Å²) >= 11 is 7.50. The SMILES string of the molecule is Cc1nc(CN(C)C(=O)Cc2cccc(Cl)c2)cs1. The van der Waals surface area contributed by atoms with Crippen LogP contribution < -0.4 is 0 Å². The molecular weight excluding hydrogens is 280 g/mol. The molecule has 0 aliphatic carbocycles. The molecule has 0 saturated heterocycles. The number of benzene rings is 1. The lowest BCUT2D eigenvalue weighted by Crippen LogP contribution is -2.27. The zero-order valence-corrected chi connectivity index (χ0v) is 12.5. The van der Waals surface area contributed by atoms with E-state index in [1.54, 1.807) is 29.4 Å². The molecule has 0 spiro atoms. The summed E-state index contributed by atoms with van der Waals surface area (Å²) in [6.07, 6.45) is 0.361. The molecule has 2 aromatic rings. The second-order valence-corrected chi connectivity index (χ2v) is 5.91. The Morgan fingerprint density at radius 2 is 2.26 bits per heavy atom. The smallest absolute Gasteiger partial charge is 0.227 e. The molecule has 19 heavy (non-hydrogen) atoms. The Hall–Kier alpha value is -1.39. The molecule has 0 N–H and O–H groups in total. The summed E-state index contributed by atoms with van der Waals surface area (Å²) in [5.41, 5.74) is 1.86. The summed E-state index contributed by atoms with van der Waals surface area (Å²) in [6.45, 7) is 2.51. The molecule has 0 aliphatic rings. The number of aryl methyl sites for hydroxylation is 1. The highest BCUT2D eigenvalue weighted by Crippen LogP contribution is 2.13. The number of halogens is 1. The molecule has 0 atom stereocenters. The van der Waals surface area contributed by atoms with Crippen LogP contribution in [0.1, 0.15) is 16.3 Å². The number of carbonyl (C=O) groups excluding carboxylic acids is 1. The van der Waals surface area contributed by atoms with Crippen LogP contribution in [0.3, 0.4) is 0 Å². The van der Waals surface area contributed by atoms with Gasteiger partial charge in [-0.3, -0.25) is 4.79 Å². The molecule has 0 fully saturated rings. The monoisotopic (exact) mass is 294 g/mol. The topological polar surface area (TPSA) is 33.2 Å². The standard InChI is InChI=1S/C14H15ClN2OS/c1-10-16-13(9-19-10)8-17(2)14(18)7-11-4-3-5-12(15)6-11/h3-6,9H,7-8H2,1-2H3. The van der Waals surface area contributed by atoms with Crippen molar-refractivity contribution < 1.29 is 4.79 Å². The van der Waals surface area contributed by atoms with Crippen molar-refractivity contribution in [3.05, 3.63) is 50.9 Å². The van der Waals surface area contributed by atoms with E-state index in [-0.39, 0.29) is 5.91 Å². The molecule has 1 aromatic carbocycles. The Kier molecular flexibility index (Phi) is 4.56. The number of aromatic nitrogens is 1. The van der Waals surface area contributed by atoms with Crippen LogP contribution in [-0.4, -0.2) is 22.8 Å². The summed E-state index contributed by atoms with van der Waals surface area (Å²) in [6, 6.07) is 7.39. The Labute approximate surface area is 121 Å². The highest BCUT2D eigenvalue weighted by molar-refractivity contribution is 7.09. The molecule has 100 valence electrons. The number of thiazole rings is 1. The summed E-state index contributed by atoms with van der Waals surface area (Å²) in [5.74, 6) is 0.0629. The quantitative estimate of drug-likeness (QED) is 0.867. The van der Waals surface area contributed by atoms with E-state index in [0.29, 0.717) is 18.0 Å². The van der Waals surface area contributed by atoms with E-state index in [1.807, 2.05) is 30.5 Å². The van der Waals surface area contributed by atoms with Gasteiger partial charge in [-0.2, -0.15) is 0 Å². The van der Waals surface area contributed by atoms with Gasteiger partial charge in [0.05, 0.1) is 23.7 Å². The molecule has 1 amide bonds. The lowest BCUT2D eigenvalue weighted by atomic mass is 10.1. The first kappa shape index (κ1) is 14.0. The fourth-order valence-corrected chi connectivity index (χ4v) is 2.59. The normalized spacial score (nSPS) is 10.5. The Balaban J connectivity index is 1.96. The van der Waals surface area contributed by atoms with Gasteiger partial charge in [0.25, 0.3) is 0 Å². The van der Waals surface area contributed by atoms with Crippen molar-refractivity contribution in [3.8, 4) is 0 Å². The molecule has 0 unspecified atom stereocenters. The van der Waals surface area contributed by atoms with E-state index < -0.39 is 0 Å². The van der Waals surface area contributed by atoms with Crippen LogP contribution in [-0.2, 0) is 17.8 Å². The van der Waals surface area contributed by atoms with E-state index >= 15 is 0 Å². The summed E-state index contributed by atoms with van der Waals surface area (Å²) in [7, 11) is 1.79. The van der Waals surface area contributed by atoms with Gasteiger partial charge in [0.1, 0.15) is 0 Å². The van der Waals surface area contributed by atoms with Crippen LogP contribution in [0, 0.1) is 6.92 Å². The Morgan fingerprint density at radius 3 is 2.89 bits per heavy atom. The van der Waals surface area contributed by atoms with Crippen molar-refractivity contribution in [2.45, 2.75) is 19.9 Å². The van der Waals surface area contributed by atoms with E-state index in [0.717, 1.165) is 16.3 Å². The van der Waals surface area contributed by atoms with Gasteiger partial charge in [-0.1, -0.05) is 23.7 Å². The maximum Gasteiger partial charge on any atom is 0.227 e. The molecule has 1 aromatic heterocycles. The van der Waals surface area contributed by atoms with Crippen LogP contribution in [0.5, 0.6) is 0 Å². The van der Waals surface area contributed by atoms with E-state index in [1.165, 1.54) is 0 Å². The molecule has 0 bridgehead atoms. The number of likely N-dealkylation sites (N-methyl/N-ethyl adjacent to an activating group) is 1. The zero-order valence-electron chi connectivity index (χ0n) is 10.9. The molecule has 3 nitrogen and oxygen atoms in total. The Morgan fingerprint density at radius 1 is 1.47 bits per heavy atom. The minimum atomic E-state index is 0.0629. The number of rotatable bonds is 4. The number of hydrogen-bond acceptors (Lipinski definition) is 3. The first-order chi connectivity index (χ1) is 9.04. The highest BCUT2D eigenvalue weighted by atomic mass is 35.5. The third kappa shape index (κ3) is 4.04. The van der Waals surface area contributed by atoms with Crippen LogP contribution >= 0.6 is 22.9 Å². The van der Waals surface area contributed by atoms with Crippen LogP contribution in [0.15, 0.2) is 29.6 Å². The Bertz CT molecular complexity index is 582. The molecular formula is C14H15ClN2OS. The first-order valence-electron chi connectivity index (χ1n) is 5.94. The molecule has 0 radical (unpaired) electrons. The van der Waals surface area contributed by atoms with Crippen LogP contribution in [0.4, 0.5) is 0 Å². The highest BCUT2D eigenvalue weighted by Gasteiger charge is 2.11. The fourth-order valence-electron chi connectivity index (χ4n) is 1.77. The summed E-state index contributed by atoms with van der Waals surface area (Å²) in [4.78, 5) is 18.1. The maximum absolute atomic E-state index is 12.1. The van der Waals surface area contributed by atoms with Crippen molar-refractivity contribution in [2.75, 3.05) is 7.05 Å².